The minimum Gasteiger partial charge on any atom is -0.494 e. The van der Waals surface area contributed by atoms with Gasteiger partial charge in [-0.15, -0.1) is 0 Å². The van der Waals surface area contributed by atoms with Crippen LogP contribution in [0.15, 0.2) is 29.3 Å². The molecule has 0 atom stereocenters. The maximum atomic E-state index is 5.78. The highest BCUT2D eigenvalue weighted by molar-refractivity contribution is 5.92. The van der Waals surface area contributed by atoms with Gasteiger partial charge in [-0.3, -0.25) is 4.99 Å². The summed E-state index contributed by atoms with van der Waals surface area (Å²) in [6.07, 6.45) is 0. The smallest absolute Gasteiger partial charge is 0.193 e. The first-order valence-electron chi connectivity index (χ1n) is 5.91. The Bertz CT molecular complexity index is 375. The average Bonchev–Trinajstić information content (AvgIpc) is 2.27. The lowest BCUT2D eigenvalue weighted by Crippen LogP contribution is -2.23. The number of benzene rings is 1. The van der Waals surface area contributed by atoms with Crippen LogP contribution in [0.5, 0.6) is 5.75 Å². The molecule has 0 spiro atoms. The Balaban J connectivity index is 2.61. The molecule has 1 aromatic carbocycles. The van der Waals surface area contributed by atoms with Crippen molar-refractivity contribution >= 4 is 11.6 Å². The van der Waals surface area contributed by atoms with E-state index < -0.39 is 0 Å². The predicted octanol–water partition coefficient (Wildman–Crippen LogP) is 2.47. The van der Waals surface area contributed by atoms with E-state index in [-0.39, 0.29) is 0 Å². The van der Waals surface area contributed by atoms with Gasteiger partial charge >= 0.3 is 0 Å². The van der Waals surface area contributed by atoms with Gasteiger partial charge in [0.1, 0.15) is 5.75 Å². The van der Waals surface area contributed by atoms with Crippen molar-refractivity contribution in [3.63, 3.8) is 0 Å². The minimum absolute atomic E-state index is 0.437. The van der Waals surface area contributed by atoms with E-state index in [0.29, 0.717) is 18.5 Å². The molecule has 4 heteroatoms. The SMILES string of the molecule is CCOc1cccc(NC(N)=NCC(C)C)c1. The standard InChI is InChI=1S/C13H21N3O/c1-4-17-12-7-5-6-11(8-12)16-13(14)15-9-10(2)3/h5-8,10H,4,9H2,1-3H3,(H3,14,15,16). The van der Waals surface area contributed by atoms with E-state index in [2.05, 4.69) is 24.2 Å². The Morgan fingerprint density at radius 3 is 2.88 bits per heavy atom. The van der Waals surface area contributed by atoms with Gasteiger partial charge < -0.3 is 15.8 Å². The Morgan fingerprint density at radius 1 is 1.47 bits per heavy atom. The van der Waals surface area contributed by atoms with Crippen LogP contribution in [0.4, 0.5) is 5.69 Å². The maximum absolute atomic E-state index is 5.78. The van der Waals surface area contributed by atoms with Gasteiger partial charge in [-0.05, 0) is 25.0 Å². The van der Waals surface area contributed by atoms with Gasteiger partial charge in [0.2, 0.25) is 0 Å². The lowest BCUT2D eigenvalue weighted by molar-refractivity contribution is 0.340. The van der Waals surface area contributed by atoms with E-state index in [1.165, 1.54) is 0 Å². The van der Waals surface area contributed by atoms with E-state index >= 15 is 0 Å². The first-order valence-corrected chi connectivity index (χ1v) is 5.91. The number of hydrogen-bond acceptors (Lipinski definition) is 2. The third kappa shape index (κ3) is 5.24. The zero-order valence-electron chi connectivity index (χ0n) is 10.7. The number of guanidine groups is 1. The molecule has 0 aliphatic rings. The summed E-state index contributed by atoms with van der Waals surface area (Å²) in [6, 6.07) is 7.67. The number of nitrogens with one attached hydrogen (secondary N) is 1. The van der Waals surface area contributed by atoms with Gasteiger partial charge in [0.25, 0.3) is 0 Å². The van der Waals surface area contributed by atoms with Crippen molar-refractivity contribution in [3.05, 3.63) is 24.3 Å². The summed E-state index contributed by atoms with van der Waals surface area (Å²) < 4.78 is 5.41. The van der Waals surface area contributed by atoms with Crippen molar-refractivity contribution in [2.45, 2.75) is 20.8 Å². The van der Waals surface area contributed by atoms with Gasteiger partial charge in [0.05, 0.1) is 6.61 Å². The first-order chi connectivity index (χ1) is 8.11. The van der Waals surface area contributed by atoms with Gasteiger partial charge in [-0.25, -0.2) is 0 Å². The number of ether oxygens (including phenoxy) is 1. The second-order valence-corrected chi connectivity index (χ2v) is 4.21. The van der Waals surface area contributed by atoms with Crippen LogP contribution in [0.1, 0.15) is 20.8 Å². The predicted molar refractivity (Wildman–Crippen MR) is 72.6 cm³/mol. The Morgan fingerprint density at radius 2 is 2.24 bits per heavy atom. The van der Waals surface area contributed by atoms with E-state index in [0.717, 1.165) is 18.0 Å². The topological polar surface area (TPSA) is 59.6 Å². The number of aliphatic imine (C=N–C) groups is 1. The summed E-state index contributed by atoms with van der Waals surface area (Å²) in [5.74, 6) is 1.77. The fraction of sp³-hybridized carbons (Fsp3) is 0.462. The zero-order chi connectivity index (χ0) is 12.7. The second kappa shape index (κ2) is 6.78. The second-order valence-electron chi connectivity index (χ2n) is 4.21. The third-order valence-electron chi connectivity index (χ3n) is 2.04. The van der Waals surface area contributed by atoms with E-state index in [1.807, 2.05) is 31.2 Å². The molecular formula is C13H21N3O. The van der Waals surface area contributed by atoms with Gasteiger partial charge in [0, 0.05) is 18.3 Å². The number of nitrogens with zero attached hydrogens (tertiary/aromatic N) is 1. The van der Waals surface area contributed by atoms with E-state index in [9.17, 15) is 0 Å². The van der Waals surface area contributed by atoms with Crippen molar-refractivity contribution in [2.24, 2.45) is 16.6 Å². The monoisotopic (exact) mass is 235 g/mol. The average molecular weight is 235 g/mol. The Hall–Kier alpha value is -1.71. The van der Waals surface area contributed by atoms with Crippen LogP contribution < -0.4 is 15.8 Å². The molecule has 3 N–H and O–H groups in total. The molecule has 0 aliphatic heterocycles. The molecule has 0 unspecified atom stereocenters. The van der Waals surface area contributed by atoms with Crippen LogP contribution in [0.25, 0.3) is 0 Å². The van der Waals surface area contributed by atoms with E-state index in [1.54, 1.807) is 0 Å². The highest BCUT2D eigenvalue weighted by atomic mass is 16.5. The molecule has 0 fully saturated rings. The first kappa shape index (κ1) is 13.4. The normalized spacial score (nSPS) is 11.6. The Kier molecular flexibility index (Phi) is 5.33. The lowest BCUT2D eigenvalue weighted by Gasteiger charge is -2.08. The van der Waals surface area contributed by atoms with Gasteiger partial charge in [0.15, 0.2) is 5.96 Å². The summed E-state index contributed by atoms with van der Waals surface area (Å²) in [5, 5.41) is 3.04. The van der Waals surface area contributed by atoms with Crippen LogP contribution in [-0.2, 0) is 0 Å². The fourth-order valence-corrected chi connectivity index (χ4v) is 1.30. The largest absolute Gasteiger partial charge is 0.494 e. The van der Waals surface area contributed by atoms with Crippen molar-refractivity contribution in [1.29, 1.82) is 0 Å². The molecule has 0 aromatic heterocycles. The van der Waals surface area contributed by atoms with Crippen LogP contribution >= 0.6 is 0 Å². The molecule has 0 saturated carbocycles. The van der Waals surface area contributed by atoms with Gasteiger partial charge in [-0.2, -0.15) is 0 Å². The molecule has 0 aliphatic carbocycles. The molecule has 94 valence electrons. The Labute approximate surface area is 103 Å². The number of hydrogen-bond donors (Lipinski definition) is 2. The summed E-state index contributed by atoms with van der Waals surface area (Å²) in [7, 11) is 0. The van der Waals surface area contributed by atoms with Gasteiger partial charge in [-0.1, -0.05) is 19.9 Å². The molecule has 0 saturated heterocycles. The molecule has 4 nitrogen and oxygen atoms in total. The zero-order valence-corrected chi connectivity index (χ0v) is 10.7. The summed E-state index contributed by atoms with van der Waals surface area (Å²) in [4.78, 5) is 4.24. The van der Waals surface area contributed by atoms with Crippen LogP contribution in [-0.4, -0.2) is 19.1 Å². The summed E-state index contributed by atoms with van der Waals surface area (Å²) in [5.41, 5.74) is 6.67. The van der Waals surface area contributed by atoms with Crippen molar-refractivity contribution in [2.75, 3.05) is 18.5 Å². The summed E-state index contributed by atoms with van der Waals surface area (Å²) in [6.45, 7) is 7.54. The van der Waals surface area contributed by atoms with Crippen LogP contribution in [0, 0.1) is 5.92 Å². The molecule has 0 heterocycles. The molecule has 0 amide bonds. The quantitative estimate of drug-likeness (QED) is 0.609. The van der Waals surface area contributed by atoms with Crippen LogP contribution in [0.3, 0.4) is 0 Å². The summed E-state index contributed by atoms with van der Waals surface area (Å²) >= 11 is 0. The molecular weight excluding hydrogens is 214 g/mol. The third-order valence-corrected chi connectivity index (χ3v) is 2.04. The molecule has 17 heavy (non-hydrogen) atoms. The fourth-order valence-electron chi connectivity index (χ4n) is 1.30. The maximum Gasteiger partial charge on any atom is 0.193 e. The molecule has 0 radical (unpaired) electrons. The highest BCUT2D eigenvalue weighted by Gasteiger charge is 1.98. The number of rotatable bonds is 5. The van der Waals surface area contributed by atoms with Crippen molar-refractivity contribution < 1.29 is 4.74 Å². The highest BCUT2D eigenvalue weighted by Crippen LogP contribution is 2.16. The van der Waals surface area contributed by atoms with Crippen molar-refractivity contribution in [3.8, 4) is 5.75 Å². The molecule has 1 aromatic rings. The molecule has 0 bridgehead atoms. The van der Waals surface area contributed by atoms with E-state index in [4.69, 9.17) is 10.5 Å². The van der Waals surface area contributed by atoms with Crippen molar-refractivity contribution in [1.82, 2.24) is 0 Å². The lowest BCUT2D eigenvalue weighted by atomic mass is 10.2. The van der Waals surface area contributed by atoms with Crippen LogP contribution in [0.2, 0.25) is 0 Å². The number of nitrogens with two attached hydrogens (primary N) is 1. The minimum atomic E-state index is 0.437. The molecule has 1 rings (SSSR count). The number of anilines is 1.